The highest BCUT2D eigenvalue weighted by Crippen LogP contribution is 2.50. The number of rotatable bonds is 9. The highest BCUT2D eigenvalue weighted by molar-refractivity contribution is 5.91. The minimum atomic E-state index is -4.64. The van der Waals surface area contributed by atoms with Gasteiger partial charge in [-0.1, -0.05) is 49.4 Å². The zero-order chi connectivity index (χ0) is 25.8. The highest BCUT2D eigenvalue weighted by atomic mass is 19.4. The molecule has 2 aromatic carbocycles. The molecule has 0 aromatic heterocycles. The van der Waals surface area contributed by atoms with Gasteiger partial charge in [0, 0.05) is 23.8 Å². The predicted molar refractivity (Wildman–Crippen MR) is 132 cm³/mol. The molecule has 2 aromatic rings. The van der Waals surface area contributed by atoms with E-state index in [9.17, 15) is 22.4 Å². The fraction of sp³-hybridized carbons (Fsp3) is 0.464. The van der Waals surface area contributed by atoms with E-state index in [0.717, 1.165) is 55.7 Å². The van der Waals surface area contributed by atoms with Crippen molar-refractivity contribution in [2.75, 3.05) is 13.1 Å². The monoisotopic (exact) mass is 503 g/mol. The van der Waals surface area contributed by atoms with Gasteiger partial charge in [0.2, 0.25) is 5.91 Å². The maximum Gasteiger partial charge on any atom is 0.416 e. The molecule has 0 unspecified atom stereocenters. The van der Waals surface area contributed by atoms with Crippen molar-refractivity contribution in [2.24, 2.45) is 0 Å². The van der Waals surface area contributed by atoms with Crippen LogP contribution >= 0.6 is 0 Å². The van der Waals surface area contributed by atoms with Crippen LogP contribution in [0.5, 0.6) is 0 Å². The van der Waals surface area contributed by atoms with Gasteiger partial charge in [-0.15, -0.1) is 0 Å². The first kappa shape index (κ1) is 26.2. The van der Waals surface area contributed by atoms with E-state index in [0.29, 0.717) is 25.3 Å². The van der Waals surface area contributed by atoms with Crippen molar-refractivity contribution in [3.05, 3.63) is 82.8 Å². The first-order chi connectivity index (χ1) is 17.2. The van der Waals surface area contributed by atoms with Crippen LogP contribution in [0.2, 0.25) is 0 Å². The Hall–Kier alpha value is -2.87. The largest absolute Gasteiger partial charge is 0.416 e. The summed E-state index contributed by atoms with van der Waals surface area (Å²) in [7, 11) is 0. The van der Waals surface area contributed by atoms with Crippen LogP contribution in [0, 0.1) is 5.82 Å². The Balaban J connectivity index is 1.59. The van der Waals surface area contributed by atoms with Gasteiger partial charge in [-0.25, -0.2) is 4.39 Å². The van der Waals surface area contributed by atoms with E-state index in [4.69, 9.17) is 0 Å². The number of carbonyl (C=O) groups excluding carboxylic acids is 1. The van der Waals surface area contributed by atoms with Crippen LogP contribution < -0.4 is 16.0 Å². The van der Waals surface area contributed by atoms with Gasteiger partial charge >= 0.3 is 6.18 Å². The molecule has 194 valence electrons. The molecule has 8 heteroatoms. The average molecular weight is 504 g/mol. The van der Waals surface area contributed by atoms with Crippen molar-refractivity contribution in [2.45, 2.75) is 69.1 Å². The van der Waals surface area contributed by atoms with Gasteiger partial charge in [0.05, 0.1) is 17.0 Å². The van der Waals surface area contributed by atoms with E-state index >= 15 is 0 Å². The van der Waals surface area contributed by atoms with Gasteiger partial charge in [-0.3, -0.25) is 4.79 Å². The van der Waals surface area contributed by atoms with E-state index < -0.39 is 23.0 Å². The predicted octanol–water partition coefficient (Wildman–Crippen LogP) is 5.24. The number of benzene rings is 2. The first-order valence-electron chi connectivity index (χ1n) is 12.6. The summed E-state index contributed by atoms with van der Waals surface area (Å²) in [6.07, 6.45) is 1.60. The lowest BCUT2D eigenvalue weighted by atomic mass is 9.92. The summed E-state index contributed by atoms with van der Waals surface area (Å²) in [6, 6.07) is 12.1. The molecular weight excluding hydrogens is 470 g/mol. The van der Waals surface area contributed by atoms with Gasteiger partial charge in [-0.05, 0) is 62.8 Å². The second-order valence-corrected chi connectivity index (χ2v) is 9.75. The fourth-order valence-corrected chi connectivity index (χ4v) is 4.94. The zero-order valence-corrected chi connectivity index (χ0v) is 20.4. The van der Waals surface area contributed by atoms with Crippen molar-refractivity contribution < 1.29 is 22.4 Å². The molecule has 3 N–H and O–H groups in total. The number of halogens is 4. The Morgan fingerprint density at radius 3 is 2.53 bits per heavy atom. The van der Waals surface area contributed by atoms with Crippen LogP contribution in [-0.4, -0.2) is 31.1 Å². The molecule has 1 saturated carbocycles. The third-order valence-corrected chi connectivity index (χ3v) is 7.05. The molecule has 0 bridgehead atoms. The van der Waals surface area contributed by atoms with Crippen molar-refractivity contribution in [1.82, 2.24) is 16.0 Å². The number of hydrogen-bond donors (Lipinski definition) is 3. The molecule has 2 atom stereocenters. The van der Waals surface area contributed by atoms with E-state index in [1.165, 1.54) is 0 Å². The molecule has 0 spiro atoms. The van der Waals surface area contributed by atoms with Crippen LogP contribution in [-0.2, 0) is 22.8 Å². The fourth-order valence-electron chi connectivity index (χ4n) is 4.94. The Bertz CT molecular complexity index is 1070. The second kappa shape index (κ2) is 11.0. The minimum Gasteiger partial charge on any atom is -0.383 e. The minimum absolute atomic E-state index is 0.0249. The van der Waals surface area contributed by atoms with Crippen LogP contribution in [0.1, 0.15) is 55.7 Å². The van der Waals surface area contributed by atoms with Gasteiger partial charge in [0.25, 0.3) is 0 Å². The molecular formula is C28H33F4N3O. The van der Waals surface area contributed by atoms with E-state index in [1.807, 2.05) is 37.3 Å². The lowest BCUT2D eigenvalue weighted by Crippen LogP contribution is -2.50. The third-order valence-electron chi connectivity index (χ3n) is 7.05. The third kappa shape index (κ3) is 6.09. The van der Waals surface area contributed by atoms with E-state index in [1.54, 1.807) is 0 Å². The van der Waals surface area contributed by atoms with E-state index in [2.05, 4.69) is 22.0 Å². The van der Waals surface area contributed by atoms with Crippen LogP contribution in [0.3, 0.4) is 0 Å². The normalized spacial score (nSPS) is 20.5. The standard InChI is InChI=1S/C28H33F4N3O/c1-2-7-24(34-21-10-6-15-33-18-21)25(16-19-8-4-3-5-9-19)35-26(36)27(13-14-27)22-12-11-20(17-23(22)29)28(30,31)32/h3-5,7-9,11-12,17,21,25,33-34H,2,6,10,13-16,18H2,1H3,(H,35,36)/b24-7-/t21-,25+/m1/s1. The molecule has 2 fully saturated rings. The molecule has 2 aliphatic rings. The Morgan fingerprint density at radius 1 is 1.19 bits per heavy atom. The molecule has 36 heavy (non-hydrogen) atoms. The number of amides is 1. The molecule has 1 saturated heterocycles. The van der Waals surface area contributed by atoms with E-state index in [-0.39, 0.29) is 23.6 Å². The Morgan fingerprint density at radius 2 is 1.94 bits per heavy atom. The van der Waals surface area contributed by atoms with Crippen molar-refractivity contribution in [3.8, 4) is 0 Å². The number of nitrogens with one attached hydrogen (secondary N) is 3. The second-order valence-electron chi connectivity index (χ2n) is 9.75. The number of hydrogen-bond acceptors (Lipinski definition) is 3. The summed E-state index contributed by atoms with van der Waals surface area (Å²) < 4.78 is 54.0. The van der Waals surface area contributed by atoms with Crippen LogP contribution in [0.15, 0.2) is 60.3 Å². The molecule has 1 heterocycles. The molecule has 4 rings (SSSR count). The maximum atomic E-state index is 14.8. The summed E-state index contributed by atoms with van der Waals surface area (Å²) in [4.78, 5) is 13.6. The number of carbonyl (C=O) groups is 1. The molecule has 0 radical (unpaired) electrons. The summed E-state index contributed by atoms with van der Waals surface area (Å²) in [5, 5.41) is 10.1. The van der Waals surface area contributed by atoms with Crippen molar-refractivity contribution in [3.63, 3.8) is 0 Å². The lowest BCUT2D eigenvalue weighted by Gasteiger charge is -2.31. The first-order valence-corrected chi connectivity index (χ1v) is 12.6. The van der Waals surface area contributed by atoms with Crippen LogP contribution in [0.4, 0.5) is 17.6 Å². The number of piperidine rings is 1. The molecule has 4 nitrogen and oxygen atoms in total. The van der Waals surface area contributed by atoms with Crippen molar-refractivity contribution in [1.29, 1.82) is 0 Å². The van der Waals surface area contributed by atoms with Crippen molar-refractivity contribution >= 4 is 5.91 Å². The van der Waals surface area contributed by atoms with Gasteiger partial charge in [0.15, 0.2) is 0 Å². The Kier molecular flexibility index (Phi) is 8.03. The van der Waals surface area contributed by atoms with Gasteiger partial charge < -0.3 is 16.0 Å². The van der Waals surface area contributed by atoms with Gasteiger partial charge in [0.1, 0.15) is 5.82 Å². The lowest BCUT2D eigenvalue weighted by molar-refractivity contribution is -0.137. The summed E-state index contributed by atoms with van der Waals surface area (Å²) >= 11 is 0. The molecule has 1 aliphatic carbocycles. The Labute approximate surface area is 209 Å². The number of allylic oxidation sites excluding steroid dienone is 1. The number of alkyl halides is 3. The summed E-state index contributed by atoms with van der Waals surface area (Å²) in [5.41, 5.74) is -0.226. The highest BCUT2D eigenvalue weighted by Gasteiger charge is 2.53. The molecule has 1 amide bonds. The topological polar surface area (TPSA) is 53.2 Å². The van der Waals surface area contributed by atoms with Gasteiger partial charge in [-0.2, -0.15) is 13.2 Å². The zero-order valence-electron chi connectivity index (χ0n) is 20.4. The summed E-state index contributed by atoms with van der Waals surface area (Å²) in [5.74, 6) is -1.35. The SMILES string of the molecule is CC/C=C(\N[C@@H]1CCCNC1)[C@H](Cc1ccccc1)NC(=O)C1(c2ccc(C(F)(F)F)cc2F)CC1. The average Bonchev–Trinajstić information content (AvgIpc) is 3.66. The van der Waals surface area contributed by atoms with Crippen LogP contribution in [0.25, 0.3) is 0 Å². The summed E-state index contributed by atoms with van der Waals surface area (Å²) in [6.45, 7) is 3.84. The smallest absolute Gasteiger partial charge is 0.383 e. The maximum absolute atomic E-state index is 14.8. The molecule has 1 aliphatic heterocycles. The quantitative estimate of drug-likeness (QED) is 0.411.